The van der Waals surface area contributed by atoms with Crippen LogP contribution in [0.3, 0.4) is 0 Å². The zero-order valence-electron chi connectivity index (χ0n) is 10.0. The molecule has 20 heavy (non-hydrogen) atoms. The van der Waals surface area contributed by atoms with Crippen molar-refractivity contribution in [2.45, 2.75) is 24.4 Å². The normalized spacial score (nSPS) is 33.9. The fourth-order valence-electron chi connectivity index (χ4n) is 2.14. The average molecular weight is 287 g/mol. The Morgan fingerprint density at radius 3 is 2.85 bits per heavy atom. The molecule has 2 aromatic rings. The molecule has 4 atom stereocenters. The molecule has 1 saturated heterocycles. The van der Waals surface area contributed by atoms with Crippen LogP contribution in [0.5, 0.6) is 0 Å². The average Bonchev–Trinajstić information content (AvgIpc) is 2.96. The monoisotopic (exact) mass is 287 g/mol. The number of nitrogens with two attached hydrogens (primary N) is 1. The van der Waals surface area contributed by atoms with Crippen molar-refractivity contribution >= 4 is 17.0 Å². The first kappa shape index (κ1) is 13.1. The number of hydrogen-bond acceptors (Lipinski definition) is 7. The molecule has 8 nitrogen and oxygen atoms in total. The molecule has 3 heterocycles. The number of aliphatic hydroxyl groups excluding tert-OH is 2. The van der Waals surface area contributed by atoms with Crippen LogP contribution >= 0.6 is 0 Å². The van der Waals surface area contributed by atoms with E-state index in [9.17, 15) is 13.9 Å². The number of nitrogens with zero attached hydrogens (tertiary/aromatic N) is 4. The molecule has 0 radical (unpaired) electrons. The van der Waals surface area contributed by atoms with Crippen molar-refractivity contribution in [2.24, 2.45) is 0 Å². The number of hydrogen-bond donors (Lipinski definition) is 3. The maximum Gasteiger partial charge on any atom is 0.268 e. The molecule has 1 fully saturated rings. The Kier molecular flexibility index (Phi) is 2.81. The number of alkyl halides is 2. The Hall–Kier alpha value is -1.91. The van der Waals surface area contributed by atoms with E-state index < -0.39 is 31.0 Å². The Balaban J connectivity index is 2.06. The molecule has 3 rings (SSSR count). The van der Waals surface area contributed by atoms with E-state index >= 15 is 0 Å². The predicted octanol–water partition coefficient (Wildman–Crippen LogP) is -0.706. The summed E-state index contributed by atoms with van der Waals surface area (Å²) in [6.07, 6.45) is -3.30. The highest BCUT2D eigenvalue weighted by Crippen LogP contribution is 2.40. The topological polar surface area (TPSA) is 119 Å². The van der Waals surface area contributed by atoms with Gasteiger partial charge in [-0.2, -0.15) is 0 Å². The van der Waals surface area contributed by atoms with Crippen molar-refractivity contribution < 1.29 is 23.7 Å². The van der Waals surface area contributed by atoms with E-state index in [1.54, 1.807) is 0 Å². The molecule has 0 amide bonds. The lowest BCUT2D eigenvalue weighted by atomic mass is 10.1. The van der Waals surface area contributed by atoms with Crippen molar-refractivity contribution in [3.63, 3.8) is 0 Å². The summed E-state index contributed by atoms with van der Waals surface area (Å²) in [5.74, 6) is -2.88. The molecule has 108 valence electrons. The maximum atomic E-state index is 13.9. The molecule has 4 N–H and O–H groups in total. The van der Waals surface area contributed by atoms with Crippen LogP contribution in [0.1, 0.15) is 6.23 Å². The molecule has 0 aromatic carbocycles. The van der Waals surface area contributed by atoms with Gasteiger partial charge in [0.15, 0.2) is 23.9 Å². The Morgan fingerprint density at radius 1 is 1.45 bits per heavy atom. The fourth-order valence-corrected chi connectivity index (χ4v) is 2.14. The highest BCUT2D eigenvalue weighted by molar-refractivity contribution is 5.81. The van der Waals surface area contributed by atoms with Gasteiger partial charge in [-0.15, -0.1) is 0 Å². The summed E-state index contributed by atoms with van der Waals surface area (Å²) in [7, 11) is 0. The molecule has 10 heteroatoms. The summed E-state index contributed by atoms with van der Waals surface area (Å²) in [5.41, 5.74) is 5.98. The van der Waals surface area contributed by atoms with Gasteiger partial charge < -0.3 is 20.7 Å². The van der Waals surface area contributed by atoms with E-state index in [2.05, 4.69) is 15.0 Å². The summed E-state index contributed by atoms with van der Waals surface area (Å²) < 4.78 is 33.5. The third-order valence-electron chi connectivity index (χ3n) is 3.20. The van der Waals surface area contributed by atoms with Crippen LogP contribution in [-0.2, 0) is 4.74 Å². The predicted molar refractivity (Wildman–Crippen MR) is 61.7 cm³/mol. The Bertz CT molecular complexity index is 653. The molecule has 0 bridgehead atoms. The summed E-state index contributed by atoms with van der Waals surface area (Å²) in [6.45, 7) is -1.22. The van der Waals surface area contributed by atoms with Gasteiger partial charge in [-0.3, -0.25) is 4.57 Å². The molecular weight excluding hydrogens is 276 g/mol. The highest BCUT2D eigenvalue weighted by atomic mass is 19.2. The van der Waals surface area contributed by atoms with E-state index in [1.165, 1.54) is 6.33 Å². The van der Waals surface area contributed by atoms with Crippen LogP contribution in [0, 0.1) is 0 Å². The zero-order valence-corrected chi connectivity index (χ0v) is 10.0. The molecule has 0 aliphatic carbocycles. The van der Waals surface area contributed by atoms with Gasteiger partial charge in [-0.05, 0) is 0 Å². The second kappa shape index (κ2) is 4.30. The molecule has 0 unspecified atom stereocenters. The van der Waals surface area contributed by atoms with Crippen molar-refractivity contribution in [3.05, 3.63) is 12.7 Å². The van der Waals surface area contributed by atoms with E-state index in [1.807, 2.05) is 0 Å². The first-order valence-corrected chi connectivity index (χ1v) is 5.70. The summed E-state index contributed by atoms with van der Waals surface area (Å²) in [5, 5.41) is 18.6. The third kappa shape index (κ3) is 1.65. The highest BCUT2D eigenvalue weighted by Gasteiger charge is 2.57. The molecule has 0 spiro atoms. The summed E-state index contributed by atoms with van der Waals surface area (Å²) >= 11 is 0. The zero-order chi connectivity index (χ0) is 14.5. The van der Waals surface area contributed by atoms with Gasteiger partial charge in [0.2, 0.25) is 0 Å². The minimum Gasteiger partial charge on any atom is -0.390 e. The van der Waals surface area contributed by atoms with Gasteiger partial charge in [0.1, 0.15) is 24.6 Å². The number of aromatic nitrogens is 4. The number of anilines is 1. The van der Waals surface area contributed by atoms with Crippen molar-refractivity contribution in [1.29, 1.82) is 0 Å². The lowest BCUT2D eigenvalue weighted by Crippen LogP contribution is -2.39. The van der Waals surface area contributed by atoms with Crippen LogP contribution in [0.25, 0.3) is 11.2 Å². The second-order valence-electron chi connectivity index (χ2n) is 4.43. The van der Waals surface area contributed by atoms with Crippen molar-refractivity contribution in [2.75, 3.05) is 12.3 Å². The fraction of sp³-hybridized carbons (Fsp3) is 0.500. The maximum absolute atomic E-state index is 13.9. The first-order valence-electron chi connectivity index (χ1n) is 5.70. The van der Waals surface area contributed by atoms with Crippen LogP contribution in [-0.4, -0.2) is 54.5 Å². The minimum atomic E-state index is -2.97. The number of aliphatic hydroxyl groups is 2. The Labute approximate surface area is 110 Å². The van der Waals surface area contributed by atoms with E-state index in [0.29, 0.717) is 0 Å². The number of rotatable bonds is 2. The van der Waals surface area contributed by atoms with Gasteiger partial charge in [-0.1, -0.05) is 0 Å². The number of imidazole rings is 1. The lowest BCUT2D eigenvalue weighted by molar-refractivity contribution is -0.195. The third-order valence-corrected chi connectivity index (χ3v) is 3.20. The summed E-state index contributed by atoms with van der Waals surface area (Å²) in [4.78, 5) is 11.5. The standard InChI is InChI=1S/C10H11F2N5O3/c11-6-5(19)9(20-10(6,12)1-18)17-3-16-4-7(13)14-2-15-8(4)17/h2-3,5-6,9,18-19H,1H2,(H2,13,14,15)/t5-,6+,9-,10+/m1/s1. The van der Waals surface area contributed by atoms with Crippen LogP contribution < -0.4 is 5.73 Å². The van der Waals surface area contributed by atoms with E-state index in [-0.39, 0.29) is 17.0 Å². The number of halogens is 2. The van der Waals surface area contributed by atoms with E-state index in [4.69, 9.17) is 15.6 Å². The lowest BCUT2D eigenvalue weighted by Gasteiger charge is -2.18. The Morgan fingerprint density at radius 2 is 2.20 bits per heavy atom. The molecule has 2 aromatic heterocycles. The van der Waals surface area contributed by atoms with Gasteiger partial charge in [-0.25, -0.2) is 23.7 Å². The largest absolute Gasteiger partial charge is 0.390 e. The SMILES string of the molecule is Nc1ncnc2c1ncn2[C@@H]1O[C@@](F)(CO)[C@@H](F)[C@H]1O. The number of ether oxygens (including phenoxy) is 1. The quantitative estimate of drug-likeness (QED) is 0.667. The van der Waals surface area contributed by atoms with Crippen LogP contribution in [0.4, 0.5) is 14.6 Å². The van der Waals surface area contributed by atoms with Gasteiger partial charge >= 0.3 is 0 Å². The molecule has 1 aliphatic rings. The van der Waals surface area contributed by atoms with Crippen molar-refractivity contribution in [1.82, 2.24) is 19.5 Å². The van der Waals surface area contributed by atoms with Gasteiger partial charge in [0.05, 0.1) is 6.33 Å². The summed E-state index contributed by atoms with van der Waals surface area (Å²) in [6, 6.07) is 0. The van der Waals surface area contributed by atoms with Crippen LogP contribution in [0.15, 0.2) is 12.7 Å². The van der Waals surface area contributed by atoms with E-state index in [0.717, 1.165) is 10.9 Å². The minimum absolute atomic E-state index is 0.0895. The number of fused-ring (bicyclic) bond motifs is 1. The molecule has 1 aliphatic heterocycles. The van der Waals surface area contributed by atoms with Gasteiger partial charge in [0, 0.05) is 0 Å². The first-order chi connectivity index (χ1) is 9.48. The van der Waals surface area contributed by atoms with Crippen LogP contribution in [0.2, 0.25) is 0 Å². The number of nitrogen functional groups attached to an aromatic ring is 1. The molecule has 0 saturated carbocycles. The second-order valence-corrected chi connectivity index (χ2v) is 4.43. The van der Waals surface area contributed by atoms with Gasteiger partial charge in [0.25, 0.3) is 5.85 Å². The van der Waals surface area contributed by atoms with Crippen molar-refractivity contribution in [3.8, 4) is 0 Å². The molecular formula is C10H11F2N5O3. The smallest absolute Gasteiger partial charge is 0.268 e.